The van der Waals surface area contributed by atoms with E-state index < -0.39 is 23.8 Å². The number of carbonyl (C=O) groups is 2. The number of rotatable bonds is 6. The number of thiophene rings is 1. The molecular formula is C17H14FN3O3S2. The van der Waals surface area contributed by atoms with Crippen molar-refractivity contribution < 1.29 is 18.7 Å². The van der Waals surface area contributed by atoms with Gasteiger partial charge >= 0.3 is 5.97 Å². The normalized spacial score (nSPS) is 11.9. The molecule has 0 fully saturated rings. The highest BCUT2D eigenvalue weighted by atomic mass is 32.2. The lowest BCUT2D eigenvalue weighted by Gasteiger charge is -2.13. The molecule has 26 heavy (non-hydrogen) atoms. The van der Waals surface area contributed by atoms with E-state index in [1.54, 1.807) is 0 Å². The van der Waals surface area contributed by atoms with Gasteiger partial charge in [0.2, 0.25) is 0 Å². The van der Waals surface area contributed by atoms with Crippen molar-refractivity contribution in [2.24, 2.45) is 0 Å². The second-order valence-electron chi connectivity index (χ2n) is 5.24. The molecule has 1 N–H and O–H groups in total. The number of nitrogens with zero attached hydrogens (tertiary/aromatic N) is 2. The van der Waals surface area contributed by atoms with Gasteiger partial charge in [0.25, 0.3) is 5.91 Å². The minimum Gasteiger partial charge on any atom is -0.452 e. The lowest BCUT2D eigenvalue weighted by atomic mass is 10.3. The summed E-state index contributed by atoms with van der Waals surface area (Å²) in [6, 6.07) is 7.22. The van der Waals surface area contributed by atoms with Crippen molar-refractivity contribution in [1.29, 1.82) is 0 Å². The van der Waals surface area contributed by atoms with E-state index in [4.69, 9.17) is 4.74 Å². The maximum Gasteiger partial charge on any atom is 0.317 e. The second-order valence-corrected chi connectivity index (χ2v) is 7.09. The fourth-order valence-corrected chi connectivity index (χ4v) is 3.63. The number of nitrogens with one attached hydrogen (secondary N) is 1. The highest BCUT2D eigenvalue weighted by molar-refractivity contribution is 8.00. The summed E-state index contributed by atoms with van der Waals surface area (Å²) in [5.74, 6) is -1.39. The first kappa shape index (κ1) is 18.3. The van der Waals surface area contributed by atoms with Gasteiger partial charge in [0.05, 0.1) is 5.75 Å². The van der Waals surface area contributed by atoms with Crippen LogP contribution in [0.15, 0.2) is 47.1 Å². The zero-order chi connectivity index (χ0) is 18.5. The van der Waals surface area contributed by atoms with E-state index in [0.717, 1.165) is 10.2 Å². The van der Waals surface area contributed by atoms with E-state index in [2.05, 4.69) is 15.3 Å². The Balaban J connectivity index is 1.51. The highest BCUT2D eigenvalue weighted by Crippen LogP contribution is 2.27. The Morgan fingerprint density at radius 1 is 1.27 bits per heavy atom. The number of hydrogen-bond donors (Lipinski definition) is 1. The lowest BCUT2D eigenvalue weighted by molar-refractivity contribution is -0.150. The summed E-state index contributed by atoms with van der Waals surface area (Å²) >= 11 is 2.72. The molecule has 0 saturated heterocycles. The standard InChI is InChI=1S/C17H14FN3O3S2/c1-10(15(23)21-12-4-2-11(18)3-5-12)24-14(22)8-26-17-13-6-7-25-16(13)19-9-20-17/h2-7,9-10H,8H2,1H3,(H,21,23)/t10-/m1/s1. The van der Waals surface area contributed by atoms with Crippen LogP contribution in [0.4, 0.5) is 10.1 Å². The first-order valence-corrected chi connectivity index (χ1v) is 9.46. The van der Waals surface area contributed by atoms with Gasteiger partial charge in [-0.3, -0.25) is 9.59 Å². The summed E-state index contributed by atoms with van der Waals surface area (Å²) in [5, 5.41) is 6.04. The number of benzene rings is 1. The minimum absolute atomic E-state index is 0.0239. The van der Waals surface area contributed by atoms with Crippen molar-refractivity contribution >= 4 is 50.9 Å². The Kier molecular flexibility index (Phi) is 5.79. The summed E-state index contributed by atoms with van der Waals surface area (Å²) < 4.78 is 18.0. The van der Waals surface area contributed by atoms with E-state index in [-0.39, 0.29) is 5.75 Å². The van der Waals surface area contributed by atoms with Crippen LogP contribution in [0.3, 0.4) is 0 Å². The monoisotopic (exact) mass is 391 g/mol. The number of fused-ring (bicyclic) bond motifs is 1. The largest absolute Gasteiger partial charge is 0.452 e. The third kappa shape index (κ3) is 4.55. The molecule has 134 valence electrons. The van der Waals surface area contributed by atoms with E-state index >= 15 is 0 Å². The molecule has 1 aromatic carbocycles. The summed E-state index contributed by atoms with van der Waals surface area (Å²) in [6.07, 6.45) is 0.477. The highest BCUT2D eigenvalue weighted by Gasteiger charge is 2.18. The van der Waals surface area contributed by atoms with Gasteiger partial charge in [0.1, 0.15) is 22.0 Å². The van der Waals surface area contributed by atoms with Crippen molar-refractivity contribution in [1.82, 2.24) is 9.97 Å². The van der Waals surface area contributed by atoms with Crippen molar-refractivity contribution in [2.75, 3.05) is 11.1 Å². The molecule has 9 heteroatoms. The third-order valence-electron chi connectivity index (χ3n) is 3.34. The molecular weight excluding hydrogens is 377 g/mol. The van der Waals surface area contributed by atoms with Crippen LogP contribution in [0, 0.1) is 5.82 Å². The Labute approximate surface area is 156 Å². The maximum absolute atomic E-state index is 12.9. The van der Waals surface area contributed by atoms with Crippen molar-refractivity contribution in [3.8, 4) is 0 Å². The van der Waals surface area contributed by atoms with Gasteiger partial charge in [-0.05, 0) is 42.6 Å². The van der Waals surface area contributed by atoms with Crippen molar-refractivity contribution in [2.45, 2.75) is 18.1 Å². The topological polar surface area (TPSA) is 81.2 Å². The number of esters is 1. The van der Waals surface area contributed by atoms with E-state index in [9.17, 15) is 14.0 Å². The Bertz CT molecular complexity index is 930. The molecule has 1 atom stereocenters. The molecule has 0 aliphatic rings. The molecule has 3 aromatic rings. The van der Waals surface area contributed by atoms with Crippen LogP contribution in [-0.4, -0.2) is 33.7 Å². The molecule has 2 aromatic heterocycles. The average Bonchev–Trinajstić information content (AvgIpc) is 3.11. The van der Waals surface area contributed by atoms with Crippen LogP contribution < -0.4 is 5.32 Å². The predicted octanol–water partition coefficient (Wildman–Crippen LogP) is 3.49. The Hall–Kier alpha value is -2.52. The molecule has 0 unspecified atom stereocenters. The molecule has 2 heterocycles. The number of carbonyl (C=O) groups excluding carboxylic acids is 2. The van der Waals surface area contributed by atoms with Gasteiger partial charge in [0, 0.05) is 11.1 Å². The fourth-order valence-electron chi connectivity index (χ4n) is 2.07. The van der Waals surface area contributed by atoms with E-state index in [0.29, 0.717) is 10.7 Å². The first-order valence-electron chi connectivity index (χ1n) is 7.60. The van der Waals surface area contributed by atoms with Crippen LogP contribution in [0.25, 0.3) is 10.2 Å². The maximum atomic E-state index is 12.9. The molecule has 6 nitrogen and oxygen atoms in total. The van der Waals surface area contributed by atoms with Crippen molar-refractivity contribution in [3.05, 3.63) is 47.9 Å². The molecule has 1 amide bonds. The zero-order valence-electron chi connectivity index (χ0n) is 13.6. The average molecular weight is 391 g/mol. The molecule has 0 saturated carbocycles. The molecule has 0 aliphatic carbocycles. The van der Waals surface area contributed by atoms with Gasteiger partial charge in [0.15, 0.2) is 6.10 Å². The number of amides is 1. The van der Waals surface area contributed by atoms with Gasteiger partial charge in [-0.1, -0.05) is 11.8 Å². The molecule has 0 aliphatic heterocycles. The smallest absolute Gasteiger partial charge is 0.317 e. The predicted molar refractivity (Wildman–Crippen MR) is 98.7 cm³/mol. The Morgan fingerprint density at radius 3 is 2.81 bits per heavy atom. The third-order valence-corrected chi connectivity index (χ3v) is 5.14. The molecule has 0 radical (unpaired) electrons. The van der Waals surface area contributed by atoms with E-state index in [1.807, 2.05) is 11.4 Å². The Morgan fingerprint density at radius 2 is 2.04 bits per heavy atom. The minimum atomic E-state index is -0.972. The van der Waals surface area contributed by atoms with Crippen LogP contribution >= 0.6 is 23.1 Å². The van der Waals surface area contributed by atoms with Gasteiger partial charge in [-0.15, -0.1) is 11.3 Å². The SMILES string of the molecule is C[C@@H](OC(=O)CSc1ncnc2sccc12)C(=O)Nc1ccc(F)cc1. The summed E-state index contributed by atoms with van der Waals surface area (Å²) in [4.78, 5) is 33.2. The van der Waals surface area contributed by atoms with Crippen LogP contribution in [0.5, 0.6) is 0 Å². The van der Waals surface area contributed by atoms with Crippen LogP contribution in [-0.2, 0) is 14.3 Å². The summed E-state index contributed by atoms with van der Waals surface area (Å²) in [5.41, 5.74) is 0.425. The van der Waals surface area contributed by atoms with E-state index in [1.165, 1.54) is 60.6 Å². The fraction of sp³-hybridized carbons (Fsp3) is 0.176. The quantitative estimate of drug-likeness (QED) is 0.394. The second kappa shape index (κ2) is 8.24. The molecule has 0 spiro atoms. The van der Waals surface area contributed by atoms with Crippen LogP contribution in [0.1, 0.15) is 6.92 Å². The van der Waals surface area contributed by atoms with Gasteiger partial charge < -0.3 is 10.1 Å². The number of anilines is 1. The summed E-state index contributed by atoms with van der Waals surface area (Å²) in [6.45, 7) is 1.48. The number of aromatic nitrogens is 2. The first-order chi connectivity index (χ1) is 12.5. The van der Waals surface area contributed by atoms with Crippen LogP contribution in [0.2, 0.25) is 0 Å². The summed E-state index contributed by atoms with van der Waals surface area (Å²) in [7, 11) is 0. The van der Waals surface area contributed by atoms with Gasteiger partial charge in [-0.25, -0.2) is 14.4 Å². The number of ether oxygens (including phenoxy) is 1. The number of halogens is 1. The van der Waals surface area contributed by atoms with Gasteiger partial charge in [-0.2, -0.15) is 0 Å². The zero-order valence-corrected chi connectivity index (χ0v) is 15.3. The van der Waals surface area contributed by atoms with Crippen molar-refractivity contribution in [3.63, 3.8) is 0 Å². The molecule has 3 rings (SSSR count). The lowest BCUT2D eigenvalue weighted by Crippen LogP contribution is -2.30. The number of thioether (sulfide) groups is 1. The number of hydrogen-bond acceptors (Lipinski definition) is 7. The molecule has 0 bridgehead atoms.